The summed E-state index contributed by atoms with van der Waals surface area (Å²) in [6.45, 7) is -3.24. The predicted octanol–water partition coefficient (Wildman–Crippen LogP) is 4.38. The van der Waals surface area contributed by atoms with Crippen molar-refractivity contribution in [3.8, 4) is 5.75 Å². The summed E-state index contributed by atoms with van der Waals surface area (Å²) >= 11 is 0. The summed E-state index contributed by atoms with van der Waals surface area (Å²) in [6.07, 6.45) is 7.71. The van der Waals surface area contributed by atoms with Crippen LogP contribution in [0.25, 0.3) is 0 Å². The molecule has 0 aromatic heterocycles. The topological polar surface area (TPSA) is 64.6 Å². The number of alkyl halides is 2. The summed E-state index contributed by atoms with van der Waals surface area (Å²) < 4.78 is 33.7. The normalized spacial score (nSPS) is 30.3. The molecule has 4 saturated carbocycles. The maximum atomic E-state index is 12.3. The molecule has 0 aliphatic heterocycles. The van der Waals surface area contributed by atoms with Gasteiger partial charge in [0.2, 0.25) is 0 Å². The molecule has 28 heavy (non-hydrogen) atoms. The number of hydrogen-bond donors (Lipinski definition) is 1. The number of ether oxygens (including phenoxy) is 2. The summed E-state index contributed by atoms with van der Waals surface area (Å²) in [4.78, 5) is 24.3. The number of anilines is 1. The third kappa shape index (κ3) is 4.45. The zero-order valence-electron chi connectivity index (χ0n) is 15.7. The zero-order chi connectivity index (χ0) is 19.7. The number of hydrogen-bond acceptors (Lipinski definition) is 4. The Morgan fingerprint density at radius 1 is 1.04 bits per heavy atom. The summed E-state index contributed by atoms with van der Waals surface area (Å²) in [6, 6.07) is 5.57. The smallest absolute Gasteiger partial charge is 0.387 e. The molecular formula is C21H25F2NO4. The highest BCUT2D eigenvalue weighted by Gasteiger charge is 2.51. The lowest BCUT2D eigenvalue weighted by Crippen LogP contribution is -2.47. The van der Waals surface area contributed by atoms with Gasteiger partial charge in [-0.05, 0) is 86.0 Å². The number of rotatable bonds is 7. The molecule has 4 bridgehead atoms. The van der Waals surface area contributed by atoms with Gasteiger partial charge >= 0.3 is 12.6 Å². The summed E-state index contributed by atoms with van der Waals surface area (Å²) in [7, 11) is 0. The van der Waals surface area contributed by atoms with Crippen LogP contribution in [0.1, 0.15) is 44.9 Å². The fourth-order valence-corrected chi connectivity index (χ4v) is 5.93. The number of amides is 1. The van der Waals surface area contributed by atoms with Gasteiger partial charge in [0.05, 0.1) is 6.42 Å². The van der Waals surface area contributed by atoms with E-state index >= 15 is 0 Å². The van der Waals surface area contributed by atoms with Crippen molar-refractivity contribution >= 4 is 17.6 Å². The molecule has 4 fully saturated rings. The highest BCUT2D eigenvalue weighted by molar-refractivity contribution is 5.92. The van der Waals surface area contributed by atoms with E-state index in [1.54, 1.807) is 0 Å². The Hall–Kier alpha value is -2.18. The first-order valence-electron chi connectivity index (χ1n) is 9.89. The van der Waals surface area contributed by atoms with E-state index in [1.807, 2.05) is 0 Å². The lowest BCUT2D eigenvalue weighted by Gasteiger charge is -2.56. The Balaban J connectivity index is 1.23. The van der Waals surface area contributed by atoms with E-state index in [2.05, 4.69) is 10.1 Å². The van der Waals surface area contributed by atoms with E-state index < -0.39 is 12.5 Å². The van der Waals surface area contributed by atoms with Crippen molar-refractivity contribution in [3.63, 3.8) is 0 Å². The van der Waals surface area contributed by atoms with E-state index in [9.17, 15) is 18.4 Å². The van der Waals surface area contributed by atoms with Crippen LogP contribution in [0.2, 0.25) is 0 Å². The molecule has 7 heteroatoms. The molecule has 4 aliphatic rings. The Kier molecular flexibility index (Phi) is 5.25. The Labute approximate surface area is 162 Å². The average Bonchev–Trinajstić information content (AvgIpc) is 2.60. The Morgan fingerprint density at radius 3 is 2.14 bits per heavy atom. The van der Waals surface area contributed by atoms with Gasteiger partial charge in [0.15, 0.2) is 6.61 Å². The van der Waals surface area contributed by atoms with E-state index in [1.165, 1.54) is 43.5 Å². The van der Waals surface area contributed by atoms with Crippen molar-refractivity contribution in [2.24, 2.45) is 23.2 Å². The van der Waals surface area contributed by atoms with Crippen molar-refractivity contribution in [1.82, 2.24) is 0 Å². The SMILES string of the molecule is O=C(COC(=O)CC12CC3CC(CC(C3)C1)C2)Nc1ccc(OC(F)F)cc1. The average molecular weight is 393 g/mol. The third-order valence-corrected chi connectivity index (χ3v) is 6.41. The highest BCUT2D eigenvalue weighted by atomic mass is 19.3. The van der Waals surface area contributed by atoms with Crippen molar-refractivity contribution in [1.29, 1.82) is 0 Å². The summed E-state index contributed by atoms with van der Waals surface area (Å²) in [5.74, 6) is 1.53. The highest BCUT2D eigenvalue weighted by Crippen LogP contribution is 2.61. The van der Waals surface area contributed by atoms with Gasteiger partial charge in [-0.2, -0.15) is 8.78 Å². The first-order chi connectivity index (χ1) is 13.4. The van der Waals surface area contributed by atoms with E-state index in [0.717, 1.165) is 37.0 Å². The molecule has 0 atom stereocenters. The summed E-state index contributed by atoms with van der Waals surface area (Å²) in [5.41, 5.74) is 0.506. The quantitative estimate of drug-likeness (QED) is 0.699. The van der Waals surface area contributed by atoms with Crippen LogP contribution >= 0.6 is 0 Å². The lowest BCUT2D eigenvalue weighted by atomic mass is 9.49. The van der Waals surface area contributed by atoms with E-state index in [4.69, 9.17) is 4.74 Å². The number of esters is 1. The van der Waals surface area contributed by atoms with Gasteiger partial charge in [0.25, 0.3) is 5.91 Å². The first kappa shape index (κ1) is 19.2. The van der Waals surface area contributed by atoms with Crippen LogP contribution in [-0.2, 0) is 14.3 Å². The zero-order valence-corrected chi connectivity index (χ0v) is 15.7. The molecule has 0 saturated heterocycles. The second kappa shape index (κ2) is 7.68. The maximum absolute atomic E-state index is 12.3. The van der Waals surface area contributed by atoms with Gasteiger partial charge in [-0.25, -0.2) is 0 Å². The molecule has 1 amide bonds. The standard InChI is InChI=1S/C21H25F2NO4/c22-20(23)28-17-3-1-16(2-4-17)24-18(25)12-27-19(26)11-21-8-13-5-14(9-21)7-15(6-13)10-21/h1-4,13-15,20H,5-12H2,(H,24,25). The molecule has 5 nitrogen and oxygen atoms in total. The van der Waals surface area contributed by atoms with Crippen LogP contribution in [0, 0.1) is 23.2 Å². The molecular weight excluding hydrogens is 368 g/mol. The lowest BCUT2D eigenvalue weighted by molar-refractivity contribution is -0.154. The molecule has 0 spiro atoms. The molecule has 0 unspecified atom stereocenters. The second-order valence-electron chi connectivity index (χ2n) is 8.71. The van der Waals surface area contributed by atoms with E-state index in [0.29, 0.717) is 12.1 Å². The first-order valence-corrected chi connectivity index (χ1v) is 9.89. The van der Waals surface area contributed by atoms with Gasteiger partial charge in [-0.3, -0.25) is 9.59 Å². The third-order valence-electron chi connectivity index (χ3n) is 6.41. The van der Waals surface area contributed by atoms with Crippen LogP contribution in [0.4, 0.5) is 14.5 Å². The fraction of sp³-hybridized carbons (Fsp3) is 0.619. The number of nitrogens with one attached hydrogen (secondary N) is 1. The molecule has 0 radical (unpaired) electrons. The number of halogens is 2. The largest absolute Gasteiger partial charge is 0.456 e. The minimum absolute atomic E-state index is 0.00926. The molecule has 4 aliphatic carbocycles. The molecule has 1 N–H and O–H groups in total. The molecule has 0 heterocycles. The molecule has 152 valence electrons. The van der Waals surface area contributed by atoms with Crippen molar-refractivity contribution in [2.75, 3.05) is 11.9 Å². The number of carbonyl (C=O) groups is 2. The van der Waals surface area contributed by atoms with Crippen molar-refractivity contribution in [3.05, 3.63) is 24.3 Å². The molecule has 1 aromatic carbocycles. The van der Waals surface area contributed by atoms with Crippen LogP contribution < -0.4 is 10.1 Å². The van der Waals surface area contributed by atoms with Gasteiger partial charge in [-0.1, -0.05) is 0 Å². The van der Waals surface area contributed by atoms with Gasteiger partial charge < -0.3 is 14.8 Å². The second-order valence-corrected chi connectivity index (χ2v) is 8.71. The van der Waals surface area contributed by atoms with Crippen LogP contribution in [0.15, 0.2) is 24.3 Å². The number of carbonyl (C=O) groups excluding carboxylic acids is 2. The van der Waals surface area contributed by atoms with Crippen LogP contribution in [0.3, 0.4) is 0 Å². The number of benzene rings is 1. The Bertz CT molecular complexity index is 699. The monoisotopic (exact) mass is 393 g/mol. The van der Waals surface area contributed by atoms with Crippen LogP contribution in [0.5, 0.6) is 5.75 Å². The minimum Gasteiger partial charge on any atom is -0.456 e. The van der Waals surface area contributed by atoms with Gasteiger partial charge in [0.1, 0.15) is 5.75 Å². The van der Waals surface area contributed by atoms with Gasteiger partial charge in [0, 0.05) is 5.69 Å². The van der Waals surface area contributed by atoms with Gasteiger partial charge in [-0.15, -0.1) is 0 Å². The minimum atomic E-state index is -2.89. The van der Waals surface area contributed by atoms with Crippen molar-refractivity contribution < 1.29 is 27.8 Å². The predicted molar refractivity (Wildman–Crippen MR) is 97.9 cm³/mol. The Morgan fingerprint density at radius 2 is 1.61 bits per heavy atom. The van der Waals surface area contributed by atoms with Crippen molar-refractivity contribution in [2.45, 2.75) is 51.6 Å². The fourth-order valence-electron chi connectivity index (χ4n) is 5.93. The molecule has 5 rings (SSSR count). The summed E-state index contributed by atoms with van der Waals surface area (Å²) in [5, 5.41) is 2.58. The molecule has 1 aromatic rings. The maximum Gasteiger partial charge on any atom is 0.387 e. The van der Waals surface area contributed by atoms with Crippen LogP contribution in [-0.4, -0.2) is 25.1 Å². The van der Waals surface area contributed by atoms with E-state index in [-0.39, 0.29) is 23.7 Å².